The summed E-state index contributed by atoms with van der Waals surface area (Å²) in [6.45, 7) is 7.98. The molecule has 4 amide bonds. The van der Waals surface area contributed by atoms with Crippen LogP contribution >= 0.6 is 0 Å². The molecule has 0 aromatic carbocycles. The summed E-state index contributed by atoms with van der Waals surface area (Å²) in [5, 5.41) is 7.21. The molecule has 1 saturated carbocycles. The lowest BCUT2D eigenvalue weighted by molar-refractivity contribution is -0.157. The Labute approximate surface area is 135 Å². The first-order chi connectivity index (χ1) is 10.5. The Morgan fingerprint density at radius 3 is 2.13 bits per heavy atom. The first-order valence-corrected chi connectivity index (χ1v) is 7.63. The van der Waals surface area contributed by atoms with E-state index in [1.165, 1.54) is 13.8 Å². The number of rotatable bonds is 5. The predicted molar refractivity (Wildman–Crippen MR) is 82.3 cm³/mol. The van der Waals surface area contributed by atoms with E-state index in [9.17, 15) is 19.2 Å². The van der Waals surface area contributed by atoms with Gasteiger partial charge in [0.15, 0.2) is 6.10 Å². The monoisotopic (exact) mass is 327 g/mol. The summed E-state index contributed by atoms with van der Waals surface area (Å²) >= 11 is 0. The highest BCUT2D eigenvalue weighted by molar-refractivity contribution is 5.97. The van der Waals surface area contributed by atoms with Crippen molar-refractivity contribution in [3.8, 4) is 0 Å². The van der Waals surface area contributed by atoms with Crippen molar-refractivity contribution in [2.75, 3.05) is 0 Å². The van der Waals surface area contributed by atoms with Crippen molar-refractivity contribution in [2.24, 2.45) is 5.41 Å². The van der Waals surface area contributed by atoms with Crippen LogP contribution in [-0.4, -0.2) is 42.0 Å². The van der Waals surface area contributed by atoms with Gasteiger partial charge in [0.05, 0.1) is 0 Å². The number of imide groups is 1. The molecular formula is C15H25N3O5. The van der Waals surface area contributed by atoms with E-state index in [1.807, 2.05) is 0 Å². The van der Waals surface area contributed by atoms with Crippen molar-refractivity contribution >= 4 is 23.8 Å². The van der Waals surface area contributed by atoms with Crippen LogP contribution in [0.4, 0.5) is 4.79 Å². The van der Waals surface area contributed by atoms with Gasteiger partial charge in [-0.2, -0.15) is 0 Å². The van der Waals surface area contributed by atoms with E-state index < -0.39 is 35.5 Å². The average molecular weight is 327 g/mol. The summed E-state index contributed by atoms with van der Waals surface area (Å²) in [6, 6.07) is -1.37. The topological polar surface area (TPSA) is 114 Å². The molecule has 1 aliphatic rings. The fraction of sp³-hybridized carbons (Fsp3) is 0.733. The zero-order chi connectivity index (χ0) is 17.8. The maximum atomic E-state index is 11.9. The third-order valence-electron chi connectivity index (χ3n) is 3.19. The van der Waals surface area contributed by atoms with E-state index in [-0.39, 0.29) is 11.9 Å². The Morgan fingerprint density at radius 2 is 1.65 bits per heavy atom. The van der Waals surface area contributed by atoms with Crippen molar-refractivity contribution in [3.05, 3.63) is 0 Å². The molecule has 0 aliphatic heterocycles. The van der Waals surface area contributed by atoms with E-state index >= 15 is 0 Å². The first kappa shape index (κ1) is 18.9. The molecule has 0 bridgehead atoms. The third-order valence-corrected chi connectivity index (χ3v) is 3.19. The molecule has 0 unspecified atom stereocenters. The van der Waals surface area contributed by atoms with Gasteiger partial charge >= 0.3 is 12.0 Å². The smallest absolute Gasteiger partial charge is 0.329 e. The summed E-state index contributed by atoms with van der Waals surface area (Å²) in [5.74, 6) is -1.76. The van der Waals surface area contributed by atoms with Crippen LogP contribution in [0, 0.1) is 5.41 Å². The van der Waals surface area contributed by atoms with Gasteiger partial charge in [-0.1, -0.05) is 20.8 Å². The number of esters is 1. The number of hydrogen-bond acceptors (Lipinski definition) is 5. The molecule has 8 nitrogen and oxygen atoms in total. The lowest BCUT2D eigenvalue weighted by atomic mass is 9.95. The average Bonchev–Trinajstić information content (AvgIpc) is 3.20. The molecule has 1 aliphatic carbocycles. The molecule has 0 saturated heterocycles. The molecule has 23 heavy (non-hydrogen) atoms. The van der Waals surface area contributed by atoms with Crippen LogP contribution in [0.15, 0.2) is 0 Å². The Morgan fingerprint density at radius 1 is 1.09 bits per heavy atom. The van der Waals surface area contributed by atoms with Gasteiger partial charge in [-0.3, -0.25) is 14.9 Å². The summed E-state index contributed by atoms with van der Waals surface area (Å²) in [6.07, 6.45) is 0.662. The largest absolute Gasteiger partial charge is 0.451 e. The number of amides is 4. The highest BCUT2D eigenvalue weighted by Crippen LogP contribution is 2.18. The molecule has 1 rings (SSSR count). The van der Waals surface area contributed by atoms with Gasteiger partial charge in [-0.25, -0.2) is 9.59 Å². The van der Waals surface area contributed by atoms with E-state index in [0.717, 1.165) is 12.8 Å². The van der Waals surface area contributed by atoms with E-state index in [2.05, 4.69) is 16.0 Å². The predicted octanol–water partition coefficient (Wildman–Crippen LogP) is 0.457. The van der Waals surface area contributed by atoms with Crippen molar-refractivity contribution in [1.82, 2.24) is 16.0 Å². The molecule has 8 heteroatoms. The van der Waals surface area contributed by atoms with Gasteiger partial charge in [-0.05, 0) is 26.7 Å². The molecule has 1 fully saturated rings. The minimum Gasteiger partial charge on any atom is -0.451 e. The zero-order valence-corrected chi connectivity index (χ0v) is 14.2. The second-order valence-corrected chi connectivity index (χ2v) is 6.76. The Kier molecular flexibility index (Phi) is 6.12. The quantitative estimate of drug-likeness (QED) is 0.635. The van der Waals surface area contributed by atoms with Gasteiger partial charge in [0.2, 0.25) is 5.91 Å². The Balaban J connectivity index is 2.40. The second kappa shape index (κ2) is 7.43. The number of carbonyl (C=O) groups is 4. The third kappa shape index (κ3) is 6.66. The molecular weight excluding hydrogens is 302 g/mol. The van der Waals surface area contributed by atoms with Crippen molar-refractivity contribution < 1.29 is 23.9 Å². The normalized spacial score (nSPS) is 16.7. The van der Waals surface area contributed by atoms with Gasteiger partial charge in [0.1, 0.15) is 6.04 Å². The van der Waals surface area contributed by atoms with Gasteiger partial charge in [-0.15, -0.1) is 0 Å². The number of nitrogens with one attached hydrogen (secondary N) is 3. The first-order valence-electron chi connectivity index (χ1n) is 7.63. The van der Waals surface area contributed by atoms with Crippen molar-refractivity contribution in [2.45, 2.75) is 65.6 Å². The summed E-state index contributed by atoms with van der Waals surface area (Å²) in [7, 11) is 0. The van der Waals surface area contributed by atoms with Crippen LogP contribution in [0.1, 0.15) is 47.5 Å². The summed E-state index contributed by atoms with van der Waals surface area (Å²) in [5.41, 5.74) is -0.640. The van der Waals surface area contributed by atoms with Crippen LogP contribution in [0.5, 0.6) is 0 Å². The SMILES string of the molecule is C[C@H](NC(=O)C(C)(C)C)C(=O)O[C@H](C)C(=O)NC(=O)NC1CC1. The lowest BCUT2D eigenvalue weighted by Crippen LogP contribution is -2.48. The number of ether oxygens (including phenoxy) is 1. The van der Waals surface area contributed by atoms with E-state index in [4.69, 9.17) is 4.74 Å². The number of urea groups is 1. The maximum Gasteiger partial charge on any atom is 0.329 e. The molecule has 0 aromatic rings. The van der Waals surface area contributed by atoms with E-state index in [0.29, 0.717) is 0 Å². The number of hydrogen-bond donors (Lipinski definition) is 3. The molecule has 0 aromatic heterocycles. The second-order valence-electron chi connectivity index (χ2n) is 6.76. The minimum absolute atomic E-state index is 0.119. The fourth-order valence-electron chi connectivity index (χ4n) is 1.46. The highest BCUT2D eigenvalue weighted by atomic mass is 16.5. The zero-order valence-electron chi connectivity index (χ0n) is 14.2. The Bertz CT molecular complexity index is 494. The van der Waals surface area contributed by atoms with Crippen LogP contribution in [-0.2, 0) is 19.1 Å². The maximum absolute atomic E-state index is 11.9. The fourth-order valence-corrected chi connectivity index (χ4v) is 1.46. The van der Waals surface area contributed by atoms with Crippen molar-refractivity contribution in [3.63, 3.8) is 0 Å². The molecule has 0 spiro atoms. The highest BCUT2D eigenvalue weighted by Gasteiger charge is 2.29. The van der Waals surface area contributed by atoms with Crippen LogP contribution in [0.3, 0.4) is 0 Å². The summed E-state index contributed by atoms with van der Waals surface area (Å²) in [4.78, 5) is 46.9. The van der Waals surface area contributed by atoms with Crippen molar-refractivity contribution in [1.29, 1.82) is 0 Å². The Hall–Kier alpha value is -2.12. The molecule has 0 radical (unpaired) electrons. The standard InChI is InChI=1S/C15H25N3O5/c1-8(16-13(21)15(3,4)5)12(20)23-9(2)11(19)18-14(22)17-10-6-7-10/h8-10H,6-7H2,1-5H3,(H,16,21)(H2,17,18,19,22)/t8-,9+/m0/s1. The van der Waals surface area contributed by atoms with Gasteiger partial charge in [0, 0.05) is 11.5 Å². The van der Waals surface area contributed by atoms with Crippen LogP contribution in [0.25, 0.3) is 0 Å². The molecule has 0 heterocycles. The number of carbonyl (C=O) groups excluding carboxylic acids is 4. The summed E-state index contributed by atoms with van der Waals surface area (Å²) < 4.78 is 4.96. The van der Waals surface area contributed by atoms with Crippen LogP contribution in [0.2, 0.25) is 0 Å². The molecule has 3 N–H and O–H groups in total. The van der Waals surface area contributed by atoms with Gasteiger partial charge < -0.3 is 15.4 Å². The van der Waals surface area contributed by atoms with Crippen LogP contribution < -0.4 is 16.0 Å². The van der Waals surface area contributed by atoms with E-state index in [1.54, 1.807) is 20.8 Å². The van der Waals surface area contributed by atoms with Gasteiger partial charge in [0.25, 0.3) is 5.91 Å². The lowest BCUT2D eigenvalue weighted by Gasteiger charge is -2.22. The molecule has 2 atom stereocenters. The molecule has 130 valence electrons. The minimum atomic E-state index is -1.14.